The number of halogens is 1. The number of benzene rings is 2. The van der Waals surface area contributed by atoms with Crippen molar-refractivity contribution in [2.45, 2.75) is 26.4 Å². The van der Waals surface area contributed by atoms with Crippen molar-refractivity contribution in [3.63, 3.8) is 0 Å². The number of rotatable bonds is 7. The summed E-state index contributed by atoms with van der Waals surface area (Å²) in [5, 5.41) is 9.16. The van der Waals surface area contributed by atoms with E-state index in [0.29, 0.717) is 5.75 Å². The van der Waals surface area contributed by atoms with Crippen LogP contribution in [0.2, 0.25) is 0 Å². The van der Waals surface area contributed by atoms with Crippen LogP contribution in [0.5, 0.6) is 11.8 Å². The zero-order valence-corrected chi connectivity index (χ0v) is 17.8. The van der Waals surface area contributed by atoms with E-state index in [9.17, 15) is 14.0 Å². The Bertz CT molecular complexity index is 1370. The normalized spacial score (nSPS) is 11.2. The largest absolute Gasteiger partial charge is 0.425 e. The highest BCUT2D eigenvalue weighted by Gasteiger charge is 2.22. The van der Waals surface area contributed by atoms with E-state index in [1.54, 1.807) is 28.8 Å². The molecule has 2 aromatic carbocycles. The van der Waals surface area contributed by atoms with Crippen molar-refractivity contribution in [3.05, 3.63) is 86.3 Å². The zero-order chi connectivity index (χ0) is 22.8. The topological polar surface area (TPSA) is 91.3 Å². The predicted molar refractivity (Wildman–Crippen MR) is 118 cm³/mol. The lowest BCUT2D eigenvalue weighted by molar-refractivity contribution is 0.277. The van der Waals surface area contributed by atoms with Gasteiger partial charge in [0.25, 0.3) is 5.56 Å². The summed E-state index contributed by atoms with van der Waals surface area (Å²) in [6.45, 7) is 2.07. The Balaban J connectivity index is 1.92. The molecule has 1 N–H and O–H groups in total. The van der Waals surface area contributed by atoms with Crippen molar-refractivity contribution in [2.75, 3.05) is 6.61 Å². The van der Waals surface area contributed by atoms with Crippen molar-refractivity contribution in [3.8, 4) is 11.8 Å². The third kappa shape index (κ3) is 4.06. The molecule has 2 aromatic heterocycles. The highest BCUT2D eigenvalue weighted by molar-refractivity contribution is 5.72. The number of hydrogen-bond acceptors (Lipinski definition) is 5. The molecule has 166 valence electrons. The van der Waals surface area contributed by atoms with E-state index < -0.39 is 11.2 Å². The minimum atomic E-state index is -0.524. The summed E-state index contributed by atoms with van der Waals surface area (Å²) < 4.78 is 23.3. The van der Waals surface area contributed by atoms with Crippen molar-refractivity contribution >= 4 is 11.2 Å². The molecule has 0 aliphatic heterocycles. The minimum absolute atomic E-state index is 0.0772. The molecule has 0 aliphatic rings. The maximum absolute atomic E-state index is 13.4. The van der Waals surface area contributed by atoms with Gasteiger partial charge >= 0.3 is 11.7 Å². The first-order chi connectivity index (χ1) is 15.4. The second-order valence-electron chi connectivity index (χ2n) is 7.57. The number of ether oxygens (including phenoxy) is 1. The molecule has 2 heterocycles. The monoisotopic (exact) mass is 438 g/mol. The zero-order valence-electron chi connectivity index (χ0n) is 17.8. The Morgan fingerprint density at radius 3 is 2.38 bits per heavy atom. The first-order valence-electron chi connectivity index (χ1n) is 10.2. The van der Waals surface area contributed by atoms with Crippen LogP contribution in [0, 0.1) is 12.7 Å². The van der Waals surface area contributed by atoms with E-state index in [2.05, 4.69) is 4.98 Å². The van der Waals surface area contributed by atoms with Gasteiger partial charge in [-0.15, -0.1) is 0 Å². The fourth-order valence-corrected chi connectivity index (χ4v) is 3.49. The van der Waals surface area contributed by atoms with Crippen molar-refractivity contribution in [2.24, 2.45) is 7.05 Å². The third-order valence-corrected chi connectivity index (χ3v) is 5.22. The van der Waals surface area contributed by atoms with Gasteiger partial charge in [0.05, 0.1) is 6.54 Å². The van der Waals surface area contributed by atoms with Crippen LogP contribution in [-0.2, 0) is 20.1 Å². The second-order valence-corrected chi connectivity index (χ2v) is 7.57. The highest BCUT2D eigenvalue weighted by Crippen LogP contribution is 2.25. The number of aliphatic hydroxyl groups excluding tert-OH is 1. The van der Waals surface area contributed by atoms with Gasteiger partial charge in [-0.25, -0.2) is 9.18 Å². The Morgan fingerprint density at radius 1 is 1.03 bits per heavy atom. The Kier molecular flexibility index (Phi) is 5.91. The number of imidazole rings is 1. The highest BCUT2D eigenvalue weighted by atomic mass is 19.1. The van der Waals surface area contributed by atoms with Gasteiger partial charge < -0.3 is 9.84 Å². The Hall–Kier alpha value is -3.72. The lowest BCUT2D eigenvalue weighted by Gasteiger charge is -2.11. The molecule has 0 saturated heterocycles. The average Bonchev–Trinajstić information content (AvgIpc) is 3.13. The molecule has 0 spiro atoms. The maximum atomic E-state index is 13.4. The van der Waals surface area contributed by atoms with E-state index in [0.717, 1.165) is 15.7 Å². The summed E-state index contributed by atoms with van der Waals surface area (Å²) in [5.74, 6) is 0.158. The molecule has 0 radical (unpaired) electrons. The van der Waals surface area contributed by atoms with Crippen molar-refractivity contribution in [1.82, 2.24) is 18.7 Å². The van der Waals surface area contributed by atoms with Gasteiger partial charge in [0.2, 0.25) is 0 Å². The first-order valence-corrected chi connectivity index (χ1v) is 10.2. The summed E-state index contributed by atoms with van der Waals surface area (Å²) in [4.78, 5) is 30.5. The smallest absolute Gasteiger partial charge is 0.332 e. The van der Waals surface area contributed by atoms with E-state index in [1.807, 2.05) is 19.1 Å². The van der Waals surface area contributed by atoms with E-state index in [4.69, 9.17) is 9.84 Å². The van der Waals surface area contributed by atoms with Crippen LogP contribution in [0.4, 0.5) is 4.39 Å². The van der Waals surface area contributed by atoms with Gasteiger partial charge in [0.1, 0.15) is 11.6 Å². The predicted octanol–water partition coefficient (Wildman–Crippen LogP) is 2.57. The van der Waals surface area contributed by atoms with Crippen LogP contribution in [0.3, 0.4) is 0 Å². The molecule has 0 bridgehead atoms. The summed E-state index contributed by atoms with van der Waals surface area (Å²) in [7, 11) is 1.53. The molecule has 0 saturated carbocycles. The molecule has 0 amide bonds. The average molecular weight is 438 g/mol. The van der Waals surface area contributed by atoms with Gasteiger partial charge in [-0.2, -0.15) is 4.98 Å². The van der Waals surface area contributed by atoms with Crippen LogP contribution < -0.4 is 16.0 Å². The van der Waals surface area contributed by atoms with E-state index in [1.165, 1.54) is 23.7 Å². The van der Waals surface area contributed by atoms with Crippen LogP contribution in [0.15, 0.2) is 58.1 Å². The minimum Gasteiger partial charge on any atom is -0.425 e. The Morgan fingerprint density at radius 2 is 1.72 bits per heavy atom. The Labute approximate surface area is 182 Å². The molecule has 0 fully saturated rings. The lowest BCUT2D eigenvalue weighted by Crippen LogP contribution is -2.39. The molecule has 4 aromatic rings. The first kappa shape index (κ1) is 21.5. The lowest BCUT2D eigenvalue weighted by atomic mass is 10.2. The van der Waals surface area contributed by atoms with Gasteiger partial charge in [-0.3, -0.25) is 18.5 Å². The molecule has 4 rings (SSSR count). The van der Waals surface area contributed by atoms with Gasteiger partial charge in [-0.1, -0.05) is 29.8 Å². The molecule has 0 unspecified atom stereocenters. The van der Waals surface area contributed by atoms with E-state index >= 15 is 0 Å². The molecular weight excluding hydrogens is 415 g/mol. The third-order valence-electron chi connectivity index (χ3n) is 5.22. The summed E-state index contributed by atoms with van der Waals surface area (Å²) in [6, 6.07) is 13.4. The number of aromatic nitrogens is 4. The van der Waals surface area contributed by atoms with Crippen molar-refractivity contribution in [1.29, 1.82) is 0 Å². The number of nitrogens with zero attached hydrogens (tertiary/aromatic N) is 4. The quantitative estimate of drug-likeness (QED) is 0.479. The molecular formula is C23H23FN4O4. The molecule has 0 atom stereocenters. The van der Waals surface area contributed by atoms with Crippen LogP contribution in [-0.4, -0.2) is 30.4 Å². The molecule has 32 heavy (non-hydrogen) atoms. The molecule has 0 aliphatic carbocycles. The standard InChI is InChI=1S/C23H23FN4O4/c1-15-4-10-18(11-5-15)32-22-25-20-19(28(22)14-16-6-8-17(24)9-7-16)21(30)27(12-3-13-29)23(31)26(20)2/h4-11,29H,3,12-14H2,1-2H3. The summed E-state index contributed by atoms with van der Waals surface area (Å²) >= 11 is 0. The number of aliphatic hydroxyl groups is 1. The van der Waals surface area contributed by atoms with Gasteiger partial charge in [0, 0.05) is 20.2 Å². The SMILES string of the molecule is Cc1ccc(Oc2nc3c(c(=O)n(CCCO)c(=O)n3C)n2Cc2ccc(F)cc2)cc1. The number of hydrogen-bond donors (Lipinski definition) is 1. The molecule has 9 heteroatoms. The number of aryl methyl sites for hydroxylation is 2. The fraction of sp³-hybridized carbons (Fsp3) is 0.261. The van der Waals surface area contributed by atoms with Crippen molar-refractivity contribution < 1.29 is 14.2 Å². The van der Waals surface area contributed by atoms with Crippen LogP contribution in [0.1, 0.15) is 17.5 Å². The maximum Gasteiger partial charge on any atom is 0.332 e. The second kappa shape index (κ2) is 8.80. The fourth-order valence-electron chi connectivity index (χ4n) is 3.49. The van der Waals surface area contributed by atoms with E-state index in [-0.39, 0.29) is 49.1 Å². The summed E-state index contributed by atoms with van der Waals surface area (Å²) in [5.41, 5.74) is 1.12. The van der Waals surface area contributed by atoms with Gasteiger partial charge in [-0.05, 0) is 43.2 Å². The van der Waals surface area contributed by atoms with Crippen LogP contribution in [0.25, 0.3) is 11.2 Å². The van der Waals surface area contributed by atoms with Crippen LogP contribution >= 0.6 is 0 Å². The van der Waals surface area contributed by atoms with Gasteiger partial charge in [0.15, 0.2) is 11.2 Å². The number of fused-ring (bicyclic) bond motifs is 1. The summed E-state index contributed by atoms with van der Waals surface area (Å²) in [6.07, 6.45) is 0.263. The molecule has 8 nitrogen and oxygen atoms in total.